The van der Waals surface area contributed by atoms with Crippen LogP contribution in [-0.2, 0) is 20.8 Å². The van der Waals surface area contributed by atoms with Crippen LogP contribution in [0.2, 0.25) is 5.02 Å². The number of oxime groups is 1. The topological polar surface area (TPSA) is 77.0 Å². The van der Waals surface area contributed by atoms with Crippen LogP contribution in [0.1, 0.15) is 32.8 Å². The third-order valence-electron chi connectivity index (χ3n) is 3.36. The molecule has 0 spiro atoms. The Kier molecular flexibility index (Phi) is 5.49. The number of hydrogen-bond donors (Lipinski definition) is 1. The molecule has 0 fully saturated rings. The third-order valence-corrected chi connectivity index (χ3v) is 3.73. The Balaban J connectivity index is 1.93. The highest BCUT2D eigenvalue weighted by Crippen LogP contribution is 2.29. The molecule has 0 radical (unpaired) electrons. The number of rotatable bonds is 5. The van der Waals surface area contributed by atoms with Gasteiger partial charge in [-0.1, -0.05) is 35.0 Å². The van der Waals surface area contributed by atoms with Crippen molar-refractivity contribution in [2.75, 3.05) is 6.54 Å². The molecule has 1 aliphatic rings. The van der Waals surface area contributed by atoms with Crippen molar-refractivity contribution < 1.29 is 19.2 Å². The zero-order valence-corrected chi connectivity index (χ0v) is 14.7. The van der Waals surface area contributed by atoms with Crippen molar-refractivity contribution in [3.05, 3.63) is 34.9 Å². The number of alkyl carbamates (subject to hydrolysis) is 1. The maximum absolute atomic E-state index is 11.7. The van der Waals surface area contributed by atoms with Gasteiger partial charge in [0.2, 0.25) is 5.60 Å². The molecule has 2 rings (SSSR count). The Morgan fingerprint density at radius 3 is 2.79 bits per heavy atom. The molecule has 0 bridgehead atoms. The van der Waals surface area contributed by atoms with Gasteiger partial charge in [0, 0.05) is 17.9 Å². The van der Waals surface area contributed by atoms with Crippen LogP contribution in [-0.4, -0.2) is 35.8 Å². The largest absolute Gasteiger partial charge is 0.444 e. The van der Waals surface area contributed by atoms with Crippen LogP contribution in [0.3, 0.4) is 0 Å². The van der Waals surface area contributed by atoms with E-state index < -0.39 is 17.3 Å². The van der Waals surface area contributed by atoms with E-state index in [2.05, 4.69) is 10.5 Å². The third kappa shape index (κ3) is 4.96. The Bertz CT molecular complexity index is 654. The fourth-order valence-electron chi connectivity index (χ4n) is 2.31. The summed E-state index contributed by atoms with van der Waals surface area (Å²) in [4.78, 5) is 28.6. The number of carbonyl (C=O) groups excluding carboxylic acids is 2. The fraction of sp³-hybridized carbons (Fsp3) is 0.471. The Labute approximate surface area is 146 Å². The van der Waals surface area contributed by atoms with Gasteiger partial charge < -0.3 is 14.9 Å². The average molecular weight is 353 g/mol. The summed E-state index contributed by atoms with van der Waals surface area (Å²) in [7, 11) is 0. The van der Waals surface area contributed by atoms with E-state index in [0.29, 0.717) is 17.2 Å². The van der Waals surface area contributed by atoms with Crippen molar-refractivity contribution in [3.8, 4) is 0 Å². The second-order valence-corrected chi connectivity index (χ2v) is 7.14. The molecule has 0 aromatic heterocycles. The second-order valence-electron chi connectivity index (χ2n) is 6.73. The van der Waals surface area contributed by atoms with Crippen LogP contribution in [0.5, 0.6) is 0 Å². The first-order chi connectivity index (χ1) is 11.2. The van der Waals surface area contributed by atoms with Crippen molar-refractivity contribution in [1.82, 2.24) is 5.32 Å². The smallest absolute Gasteiger partial charge is 0.407 e. The highest BCUT2D eigenvalue weighted by atomic mass is 35.5. The second kappa shape index (κ2) is 7.21. The monoisotopic (exact) mass is 352 g/mol. The van der Waals surface area contributed by atoms with Gasteiger partial charge in [-0.3, -0.25) is 4.79 Å². The number of amides is 1. The highest BCUT2D eigenvalue weighted by molar-refractivity contribution is 6.31. The highest BCUT2D eigenvalue weighted by Gasteiger charge is 2.39. The summed E-state index contributed by atoms with van der Waals surface area (Å²) >= 11 is 6.14. The van der Waals surface area contributed by atoms with Crippen molar-refractivity contribution in [2.45, 2.75) is 44.8 Å². The van der Waals surface area contributed by atoms with Crippen molar-refractivity contribution in [1.29, 1.82) is 0 Å². The number of halogens is 1. The van der Waals surface area contributed by atoms with Crippen molar-refractivity contribution in [2.24, 2.45) is 5.16 Å². The minimum atomic E-state index is -1.09. The summed E-state index contributed by atoms with van der Waals surface area (Å²) in [5.41, 5.74) is -0.284. The van der Waals surface area contributed by atoms with Crippen LogP contribution in [0.15, 0.2) is 29.4 Å². The lowest BCUT2D eigenvalue weighted by molar-refractivity contribution is -0.127. The molecule has 1 N–H and O–H groups in total. The van der Waals surface area contributed by atoms with Crippen molar-refractivity contribution >= 4 is 29.7 Å². The van der Waals surface area contributed by atoms with Gasteiger partial charge in [-0.05, 0) is 32.4 Å². The van der Waals surface area contributed by atoms with Crippen LogP contribution >= 0.6 is 11.6 Å². The lowest BCUT2D eigenvalue weighted by atomic mass is 9.91. The molecule has 1 unspecified atom stereocenters. The molecular formula is C17H21ClN2O4. The first kappa shape index (κ1) is 18.3. The average Bonchev–Trinajstić information content (AvgIpc) is 2.90. The van der Waals surface area contributed by atoms with E-state index in [4.69, 9.17) is 21.2 Å². The molecule has 1 heterocycles. The van der Waals surface area contributed by atoms with Crippen LogP contribution in [0.4, 0.5) is 4.79 Å². The maximum Gasteiger partial charge on any atom is 0.407 e. The fourth-order valence-corrected chi connectivity index (χ4v) is 2.51. The number of hydrogen-bond acceptors (Lipinski definition) is 5. The van der Waals surface area contributed by atoms with Gasteiger partial charge in [0.1, 0.15) is 5.60 Å². The molecule has 0 saturated heterocycles. The summed E-state index contributed by atoms with van der Waals surface area (Å²) in [6.45, 7) is 5.50. The standard InChI is InChI=1S/C17H21ClN2O4/c1-16(2,3)23-15(22)19-10-13-9-17(11-21,24-20-13)8-12-6-4-5-7-14(12)18/h4-7,11H,8-10H2,1-3H3,(H,19,22). The number of nitrogens with zero attached hydrogens (tertiary/aromatic N) is 1. The summed E-state index contributed by atoms with van der Waals surface area (Å²) in [5, 5.41) is 7.10. The van der Waals surface area contributed by atoms with E-state index in [9.17, 15) is 9.59 Å². The van der Waals surface area contributed by atoms with E-state index in [0.717, 1.165) is 11.8 Å². The number of aldehydes is 1. The Morgan fingerprint density at radius 1 is 1.46 bits per heavy atom. The van der Waals surface area contributed by atoms with Gasteiger partial charge in [0.25, 0.3) is 0 Å². The minimum absolute atomic E-state index is 0.160. The minimum Gasteiger partial charge on any atom is -0.444 e. The van der Waals surface area contributed by atoms with Gasteiger partial charge >= 0.3 is 6.09 Å². The van der Waals surface area contributed by atoms with Crippen LogP contribution in [0.25, 0.3) is 0 Å². The van der Waals surface area contributed by atoms with Gasteiger partial charge in [0.05, 0.1) is 12.3 Å². The van der Waals surface area contributed by atoms with E-state index in [-0.39, 0.29) is 13.0 Å². The first-order valence-corrected chi connectivity index (χ1v) is 8.01. The number of benzene rings is 1. The molecular weight excluding hydrogens is 332 g/mol. The number of nitrogens with one attached hydrogen (secondary N) is 1. The molecule has 1 aromatic carbocycles. The predicted molar refractivity (Wildman–Crippen MR) is 91.3 cm³/mol. The maximum atomic E-state index is 11.7. The summed E-state index contributed by atoms with van der Waals surface area (Å²) in [6, 6.07) is 7.27. The molecule has 1 aliphatic heterocycles. The van der Waals surface area contributed by atoms with Gasteiger partial charge in [-0.2, -0.15) is 0 Å². The van der Waals surface area contributed by atoms with E-state index in [1.807, 2.05) is 18.2 Å². The van der Waals surface area contributed by atoms with Gasteiger partial charge in [-0.25, -0.2) is 4.79 Å². The molecule has 1 amide bonds. The molecule has 130 valence electrons. The Hall–Kier alpha value is -2.08. The van der Waals surface area contributed by atoms with Gasteiger partial charge in [-0.15, -0.1) is 0 Å². The first-order valence-electron chi connectivity index (χ1n) is 7.63. The lowest BCUT2D eigenvalue weighted by Gasteiger charge is -2.21. The van der Waals surface area contributed by atoms with Crippen molar-refractivity contribution in [3.63, 3.8) is 0 Å². The SMILES string of the molecule is CC(C)(C)OC(=O)NCC1=NOC(C=O)(Cc2ccccc2Cl)C1. The lowest BCUT2D eigenvalue weighted by Crippen LogP contribution is -2.38. The zero-order valence-electron chi connectivity index (χ0n) is 14.0. The van der Waals surface area contributed by atoms with Crippen LogP contribution < -0.4 is 5.32 Å². The number of carbonyl (C=O) groups is 2. The summed E-state index contributed by atoms with van der Waals surface area (Å²) in [6.07, 6.45) is 0.799. The van der Waals surface area contributed by atoms with Gasteiger partial charge in [0.15, 0.2) is 6.29 Å². The predicted octanol–water partition coefficient (Wildman–Crippen LogP) is 3.12. The van der Waals surface area contributed by atoms with E-state index in [1.54, 1.807) is 26.8 Å². The molecule has 1 aromatic rings. The normalized spacial score (nSPS) is 20.1. The summed E-state index contributed by atoms with van der Waals surface area (Å²) < 4.78 is 5.15. The molecule has 7 heteroatoms. The molecule has 0 saturated carbocycles. The number of ether oxygens (including phenoxy) is 1. The van der Waals surface area contributed by atoms with E-state index >= 15 is 0 Å². The zero-order chi connectivity index (χ0) is 17.8. The molecule has 1 atom stereocenters. The molecule has 0 aliphatic carbocycles. The van der Waals surface area contributed by atoms with Crippen LogP contribution in [0, 0.1) is 0 Å². The quantitative estimate of drug-likeness (QED) is 0.826. The Morgan fingerprint density at radius 2 is 2.17 bits per heavy atom. The summed E-state index contributed by atoms with van der Waals surface area (Å²) in [5.74, 6) is 0. The molecule has 6 nitrogen and oxygen atoms in total. The molecule has 24 heavy (non-hydrogen) atoms. The van der Waals surface area contributed by atoms with E-state index in [1.165, 1.54) is 0 Å².